The first-order valence-electron chi connectivity index (χ1n) is 6.69. The third-order valence-corrected chi connectivity index (χ3v) is 3.13. The average molecular weight is 263 g/mol. The van der Waals surface area contributed by atoms with Crippen LogP contribution in [0.25, 0.3) is 0 Å². The highest BCUT2D eigenvalue weighted by atomic mass is 16.1. The van der Waals surface area contributed by atoms with Gasteiger partial charge in [-0.25, -0.2) is 9.97 Å². The first-order chi connectivity index (χ1) is 9.19. The van der Waals surface area contributed by atoms with Crippen molar-refractivity contribution in [1.82, 2.24) is 14.9 Å². The molecule has 104 valence electrons. The molecule has 6 heteroatoms. The molecule has 1 fully saturated rings. The molecule has 1 aromatic rings. The van der Waals surface area contributed by atoms with E-state index in [1.165, 1.54) is 0 Å². The Hall–Kier alpha value is -1.85. The fourth-order valence-corrected chi connectivity index (χ4v) is 1.98. The van der Waals surface area contributed by atoms with Gasteiger partial charge in [-0.2, -0.15) is 0 Å². The second-order valence-electron chi connectivity index (χ2n) is 5.16. The van der Waals surface area contributed by atoms with Gasteiger partial charge in [0, 0.05) is 38.8 Å². The summed E-state index contributed by atoms with van der Waals surface area (Å²) in [4.78, 5) is 23.2. The second-order valence-corrected chi connectivity index (χ2v) is 5.16. The lowest BCUT2D eigenvalue weighted by atomic mass is 10.2. The van der Waals surface area contributed by atoms with Crippen LogP contribution in [0, 0.1) is 5.92 Å². The molecular formula is C13H21N5O. The molecule has 2 rings (SSSR count). The zero-order valence-electron chi connectivity index (χ0n) is 11.5. The van der Waals surface area contributed by atoms with Crippen molar-refractivity contribution >= 4 is 18.0 Å². The Labute approximate surface area is 113 Å². The van der Waals surface area contributed by atoms with Gasteiger partial charge in [0.15, 0.2) is 0 Å². The Morgan fingerprint density at radius 3 is 2.68 bits per heavy atom. The lowest BCUT2D eigenvalue weighted by molar-refractivity contribution is -0.118. The molecule has 6 nitrogen and oxygen atoms in total. The van der Waals surface area contributed by atoms with Crippen LogP contribution >= 0.6 is 0 Å². The number of piperazine rings is 1. The Morgan fingerprint density at radius 1 is 1.32 bits per heavy atom. The van der Waals surface area contributed by atoms with E-state index >= 15 is 0 Å². The molecule has 0 aromatic carbocycles. The summed E-state index contributed by atoms with van der Waals surface area (Å²) in [5, 5.41) is 3.30. The molecule has 0 aliphatic carbocycles. The van der Waals surface area contributed by atoms with Crippen molar-refractivity contribution in [3.63, 3.8) is 0 Å². The van der Waals surface area contributed by atoms with Gasteiger partial charge in [0.05, 0.1) is 0 Å². The normalized spacial score (nSPS) is 15.7. The lowest BCUT2D eigenvalue weighted by Crippen LogP contribution is -2.46. The summed E-state index contributed by atoms with van der Waals surface area (Å²) in [6.07, 6.45) is 2.50. The van der Waals surface area contributed by atoms with Crippen LogP contribution in [0.1, 0.15) is 13.8 Å². The third kappa shape index (κ3) is 3.81. The van der Waals surface area contributed by atoms with Gasteiger partial charge in [-0.15, -0.1) is 0 Å². The fourth-order valence-electron chi connectivity index (χ4n) is 1.98. The molecule has 0 atom stereocenters. The Bertz CT molecular complexity index is 415. The van der Waals surface area contributed by atoms with E-state index in [2.05, 4.69) is 34.0 Å². The van der Waals surface area contributed by atoms with Crippen molar-refractivity contribution in [2.75, 3.05) is 42.9 Å². The van der Waals surface area contributed by atoms with Crippen molar-refractivity contribution in [1.29, 1.82) is 0 Å². The Balaban J connectivity index is 1.97. The van der Waals surface area contributed by atoms with Crippen LogP contribution in [-0.2, 0) is 4.79 Å². The van der Waals surface area contributed by atoms with Crippen molar-refractivity contribution in [3.05, 3.63) is 12.4 Å². The van der Waals surface area contributed by atoms with Crippen LogP contribution in [0.4, 0.5) is 11.6 Å². The zero-order chi connectivity index (χ0) is 13.7. The molecule has 1 aliphatic heterocycles. The summed E-state index contributed by atoms with van der Waals surface area (Å²) >= 11 is 0. The minimum Gasteiger partial charge on any atom is -0.370 e. The van der Waals surface area contributed by atoms with E-state index in [0.717, 1.165) is 50.8 Å². The van der Waals surface area contributed by atoms with Gasteiger partial charge in [-0.1, -0.05) is 13.8 Å². The summed E-state index contributed by atoms with van der Waals surface area (Å²) in [6.45, 7) is 8.36. The maximum absolute atomic E-state index is 10.7. The van der Waals surface area contributed by atoms with E-state index in [4.69, 9.17) is 0 Å². The smallest absolute Gasteiger partial charge is 0.209 e. The van der Waals surface area contributed by atoms with Crippen LogP contribution in [-0.4, -0.2) is 54.0 Å². The topological polar surface area (TPSA) is 61.4 Å². The van der Waals surface area contributed by atoms with Gasteiger partial charge < -0.3 is 15.1 Å². The molecule has 19 heavy (non-hydrogen) atoms. The number of amides is 1. The number of nitrogens with one attached hydrogen (secondary N) is 1. The molecule has 0 saturated carbocycles. The summed E-state index contributed by atoms with van der Waals surface area (Å²) in [5.74, 6) is 2.36. The van der Waals surface area contributed by atoms with Crippen LogP contribution < -0.4 is 10.2 Å². The summed E-state index contributed by atoms with van der Waals surface area (Å²) in [7, 11) is 0. The minimum absolute atomic E-state index is 0.578. The molecule has 1 N–H and O–H groups in total. The number of carbonyl (C=O) groups excluding carboxylic acids is 1. The van der Waals surface area contributed by atoms with Gasteiger partial charge in [0.1, 0.15) is 18.0 Å². The maximum atomic E-state index is 10.7. The van der Waals surface area contributed by atoms with Gasteiger partial charge in [-0.3, -0.25) is 4.79 Å². The van der Waals surface area contributed by atoms with Gasteiger partial charge in [0.25, 0.3) is 0 Å². The summed E-state index contributed by atoms with van der Waals surface area (Å²) in [5.41, 5.74) is 0. The van der Waals surface area contributed by atoms with E-state index < -0.39 is 0 Å². The Morgan fingerprint density at radius 2 is 2.05 bits per heavy atom. The SMILES string of the molecule is CC(C)CNc1cc(N2CCN(C=O)CC2)ncn1. The monoisotopic (exact) mass is 263 g/mol. The number of hydrogen-bond acceptors (Lipinski definition) is 5. The van der Waals surface area contributed by atoms with E-state index in [-0.39, 0.29) is 0 Å². The van der Waals surface area contributed by atoms with Gasteiger partial charge >= 0.3 is 0 Å². The molecule has 1 saturated heterocycles. The van der Waals surface area contributed by atoms with Crippen molar-refractivity contribution in [3.8, 4) is 0 Å². The Kier molecular flexibility index (Phi) is 4.54. The lowest BCUT2D eigenvalue weighted by Gasteiger charge is -2.33. The van der Waals surface area contributed by atoms with E-state index in [0.29, 0.717) is 5.92 Å². The standard InChI is InChI=1S/C13H21N5O/c1-11(2)8-14-12-7-13(16-9-15-12)18-5-3-17(10-19)4-6-18/h7,9-11H,3-6,8H2,1-2H3,(H,14,15,16). The number of rotatable bonds is 5. The highest BCUT2D eigenvalue weighted by Crippen LogP contribution is 2.16. The number of carbonyl (C=O) groups is 1. The molecule has 1 amide bonds. The number of hydrogen-bond donors (Lipinski definition) is 1. The third-order valence-electron chi connectivity index (χ3n) is 3.13. The summed E-state index contributed by atoms with van der Waals surface area (Å²) < 4.78 is 0. The van der Waals surface area contributed by atoms with Gasteiger partial charge in [0.2, 0.25) is 6.41 Å². The van der Waals surface area contributed by atoms with Gasteiger partial charge in [-0.05, 0) is 5.92 Å². The quantitative estimate of drug-likeness (QED) is 0.797. The largest absolute Gasteiger partial charge is 0.370 e. The molecule has 0 unspecified atom stereocenters. The second kappa shape index (κ2) is 6.36. The van der Waals surface area contributed by atoms with E-state index in [9.17, 15) is 4.79 Å². The van der Waals surface area contributed by atoms with E-state index in [1.54, 1.807) is 11.2 Å². The molecule has 2 heterocycles. The fraction of sp³-hybridized carbons (Fsp3) is 0.615. The highest BCUT2D eigenvalue weighted by Gasteiger charge is 2.16. The predicted octanol–water partition coefficient (Wildman–Crippen LogP) is 0.823. The molecule has 0 radical (unpaired) electrons. The number of nitrogens with zero attached hydrogens (tertiary/aromatic N) is 4. The first-order valence-corrected chi connectivity index (χ1v) is 6.69. The molecule has 1 aromatic heterocycles. The molecule has 0 bridgehead atoms. The van der Waals surface area contributed by atoms with Crippen LogP contribution in [0.15, 0.2) is 12.4 Å². The number of aromatic nitrogens is 2. The van der Waals surface area contributed by atoms with Crippen molar-refractivity contribution in [2.45, 2.75) is 13.8 Å². The first kappa shape index (κ1) is 13.6. The minimum atomic E-state index is 0.578. The highest BCUT2D eigenvalue weighted by molar-refractivity contribution is 5.51. The molecular weight excluding hydrogens is 242 g/mol. The van der Waals surface area contributed by atoms with Crippen LogP contribution in [0.5, 0.6) is 0 Å². The van der Waals surface area contributed by atoms with E-state index in [1.807, 2.05) is 6.07 Å². The zero-order valence-corrected chi connectivity index (χ0v) is 11.5. The predicted molar refractivity (Wildman–Crippen MR) is 75.2 cm³/mol. The van der Waals surface area contributed by atoms with Crippen LogP contribution in [0.3, 0.4) is 0 Å². The molecule has 0 spiro atoms. The van der Waals surface area contributed by atoms with Crippen molar-refractivity contribution in [2.24, 2.45) is 5.92 Å². The maximum Gasteiger partial charge on any atom is 0.209 e. The molecule has 1 aliphatic rings. The number of anilines is 2. The summed E-state index contributed by atoms with van der Waals surface area (Å²) in [6, 6.07) is 1.97. The van der Waals surface area contributed by atoms with Crippen LogP contribution in [0.2, 0.25) is 0 Å². The average Bonchev–Trinajstić information content (AvgIpc) is 2.45. The van der Waals surface area contributed by atoms with Crippen molar-refractivity contribution < 1.29 is 4.79 Å².